The van der Waals surface area contributed by atoms with Crippen LogP contribution in [0.4, 0.5) is 0 Å². The first-order chi connectivity index (χ1) is 10.7. The normalized spacial score (nSPS) is 20.5. The van der Waals surface area contributed by atoms with Crippen LogP contribution in [0.15, 0.2) is 42.5 Å². The van der Waals surface area contributed by atoms with Gasteiger partial charge in [0.2, 0.25) is 0 Å². The summed E-state index contributed by atoms with van der Waals surface area (Å²) >= 11 is 0. The van der Waals surface area contributed by atoms with Crippen LogP contribution in [0.1, 0.15) is 43.0 Å². The zero-order valence-electron chi connectivity index (χ0n) is 13.2. The summed E-state index contributed by atoms with van der Waals surface area (Å²) in [5, 5.41) is 13.9. The monoisotopic (exact) mass is 297 g/mol. The zero-order valence-corrected chi connectivity index (χ0v) is 13.2. The molecule has 1 aliphatic heterocycles. The minimum atomic E-state index is 0.0279. The van der Waals surface area contributed by atoms with Crippen molar-refractivity contribution in [3.63, 3.8) is 0 Å². The molecule has 0 amide bonds. The Morgan fingerprint density at radius 3 is 2.68 bits per heavy atom. The van der Waals surface area contributed by atoms with Crippen molar-refractivity contribution in [1.82, 2.24) is 5.32 Å². The molecule has 22 heavy (non-hydrogen) atoms. The summed E-state index contributed by atoms with van der Waals surface area (Å²) in [6.45, 7) is 5.02. The summed E-state index contributed by atoms with van der Waals surface area (Å²) in [6.07, 6.45) is 1.95. The second-order valence-corrected chi connectivity index (χ2v) is 5.97. The number of aromatic hydroxyl groups is 1. The number of nitrogens with one attached hydrogen (secondary N) is 1. The Balaban J connectivity index is 1.92. The van der Waals surface area contributed by atoms with E-state index in [-0.39, 0.29) is 6.04 Å². The number of fused-ring (bicyclic) bond motifs is 1. The average molecular weight is 297 g/mol. The molecule has 2 aromatic carbocycles. The van der Waals surface area contributed by atoms with E-state index in [1.807, 2.05) is 18.2 Å². The van der Waals surface area contributed by atoms with Gasteiger partial charge in [-0.25, -0.2) is 0 Å². The maximum atomic E-state index is 10.3. The fourth-order valence-corrected chi connectivity index (χ4v) is 3.11. The zero-order chi connectivity index (χ0) is 15.5. The average Bonchev–Trinajstić information content (AvgIpc) is 2.52. The van der Waals surface area contributed by atoms with Crippen molar-refractivity contribution in [2.45, 2.75) is 38.8 Å². The predicted octanol–water partition coefficient (Wildman–Crippen LogP) is 3.80. The number of rotatable bonds is 4. The van der Waals surface area contributed by atoms with Crippen molar-refractivity contribution >= 4 is 0 Å². The van der Waals surface area contributed by atoms with Crippen molar-refractivity contribution in [2.24, 2.45) is 0 Å². The van der Waals surface area contributed by atoms with E-state index in [0.29, 0.717) is 11.8 Å². The van der Waals surface area contributed by atoms with Crippen molar-refractivity contribution in [1.29, 1.82) is 0 Å². The van der Waals surface area contributed by atoms with Gasteiger partial charge in [0.05, 0.1) is 12.6 Å². The van der Waals surface area contributed by atoms with E-state index in [1.54, 1.807) is 6.07 Å². The highest BCUT2D eigenvalue weighted by Crippen LogP contribution is 2.36. The lowest BCUT2D eigenvalue weighted by Crippen LogP contribution is -2.37. The highest BCUT2D eigenvalue weighted by molar-refractivity contribution is 5.48. The molecule has 0 aliphatic carbocycles. The Bertz CT molecular complexity index is 636. The first kappa shape index (κ1) is 14.9. The molecule has 0 aromatic heterocycles. The molecule has 1 aliphatic rings. The van der Waals surface area contributed by atoms with Crippen LogP contribution in [0.2, 0.25) is 0 Å². The van der Waals surface area contributed by atoms with Crippen LogP contribution in [0.3, 0.4) is 0 Å². The van der Waals surface area contributed by atoms with Crippen LogP contribution in [0, 0.1) is 0 Å². The molecular weight excluding hydrogens is 274 g/mol. The molecule has 0 bridgehead atoms. The van der Waals surface area contributed by atoms with E-state index in [4.69, 9.17) is 4.74 Å². The summed E-state index contributed by atoms with van der Waals surface area (Å²) in [5.74, 6) is 1.26. The summed E-state index contributed by atoms with van der Waals surface area (Å²) in [6, 6.07) is 14.4. The first-order valence-electron chi connectivity index (χ1n) is 7.98. The molecule has 3 rings (SSSR count). The predicted molar refractivity (Wildman–Crippen MR) is 88.5 cm³/mol. The molecule has 0 saturated carbocycles. The number of hydrogen-bond donors (Lipinski definition) is 2. The molecule has 0 fully saturated rings. The molecule has 0 unspecified atom stereocenters. The van der Waals surface area contributed by atoms with Gasteiger partial charge in [-0.2, -0.15) is 0 Å². The van der Waals surface area contributed by atoms with Crippen LogP contribution in [-0.2, 0) is 6.42 Å². The second-order valence-electron chi connectivity index (χ2n) is 5.97. The molecule has 3 heteroatoms. The number of ether oxygens (including phenoxy) is 1. The van der Waals surface area contributed by atoms with Gasteiger partial charge in [0, 0.05) is 11.6 Å². The topological polar surface area (TPSA) is 41.5 Å². The lowest BCUT2D eigenvalue weighted by Gasteiger charge is -2.32. The molecule has 0 spiro atoms. The largest absolute Gasteiger partial charge is 0.508 e. The van der Waals surface area contributed by atoms with Gasteiger partial charge >= 0.3 is 0 Å². The molecule has 116 valence electrons. The Morgan fingerprint density at radius 2 is 1.95 bits per heavy atom. The lowest BCUT2D eigenvalue weighted by molar-refractivity contribution is 0.317. The molecule has 1 heterocycles. The van der Waals surface area contributed by atoms with Gasteiger partial charge in [-0.3, -0.25) is 0 Å². The van der Waals surface area contributed by atoms with Crippen molar-refractivity contribution in [2.75, 3.05) is 6.61 Å². The van der Waals surface area contributed by atoms with E-state index in [2.05, 4.69) is 37.4 Å². The second kappa shape index (κ2) is 6.41. The standard InChI is InChI=1S/C19H23NO2/c1-3-11-22-16-9-7-14(8-10-16)19-18-15(12-13(2)20-19)5-4-6-17(18)21/h4-10,13,19-21H,3,11-12H2,1-2H3/t13-,19-/m0/s1. The van der Waals surface area contributed by atoms with Gasteiger partial charge in [0.25, 0.3) is 0 Å². The highest BCUT2D eigenvalue weighted by Gasteiger charge is 2.27. The highest BCUT2D eigenvalue weighted by atomic mass is 16.5. The molecule has 0 saturated heterocycles. The number of hydrogen-bond acceptors (Lipinski definition) is 3. The van der Waals surface area contributed by atoms with Crippen molar-refractivity contribution < 1.29 is 9.84 Å². The summed E-state index contributed by atoms with van der Waals surface area (Å²) in [4.78, 5) is 0. The molecule has 3 nitrogen and oxygen atoms in total. The van der Waals surface area contributed by atoms with Crippen LogP contribution < -0.4 is 10.1 Å². The number of benzene rings is 2. The fraction of sp³-hybridized carbons (Fsp3) is 0.368. The smallest absolute Gasteiger partial charge is 0.120 e. The Morgan fingerprint density at radius 1 is 1.18 bits per heavy atom. The van der Waals surface area contributed by atoms with Crippen LogP contribution in [-0.4, -0.2) is 17.8 Å². The lowest BCUT2D eigenvalue weighted by atomic mass is 9.86. The molecule has 0 radical (unpaired) electrons. The quantitative estimate of drug-likeness (QED) is 0.902. The first-order valence-corrected chi connectivity index (χ1v) is 7.98. The minimum absolute atomic E-state index is 0.0279. The fourth-order valence-electron chi connectivity index (χ4n) is 3.11. The number of phenols is 1. The molecule has 2 atom stereocenters. The van der Waals surface area contributed by atoms with E-state index < -0.39 is 0 Å². The van der Waals surface area contributed by atoms with E-state index >= 15 is 0 Å². The maximum absolute atomic E-state index is 10.3. The third-order valence-corrected chi connectivity index (χ3v) is 4.13. The third kappa shape index (κ3) is 2.95. The summed E-state index contributed by atoms with van der Waals surface area (Å²) in [7, 11) is 0. The van der Waals surface area contributed by atoms with Crippen molar-refractivity contribution in [3.8, 4) is 11.5 Å². The van der Waals surface area contributed by atoms with Crippen LogP contribution >= 0.6 is 0 Å². The minimum Gasteiger partial charge on any atom is -0.508 e. The Hall–Kier alpha value is -2.00. The van der Waals surface area contributed by atoms with E-state index in [1.165, 1.54) is 5.56 Å². The van der Waals surface area contributed by atoms with Gasteiger partial charge in [0.1, 0.15) is 11.5 Å². The van der Waals surface area contributed by atoms with Gasteiger partial charge in [0.15, 0.2) is 0 Å². The van der Waals surface area contributed by atoms with Gasteiger partial charge in [-0.05, 0) is 49.1 Å². The molecule has 2 N–H and O–H groups in total. The maximum Gasteiger partial charge on any atom is 0.120 e. The third-order valence-electron chi connectivity index (χ3n) is 4.13. The Kier molecular flexibility index (Phi) is 4.34. The number of phenolic OH excluding ortho intramolecular Hbond substituents is 1. The van der Waals surface area contributed by atoms with E-state index in [0.717, 1.165) is 36.3 Å². The van der Waals surface area contributed by atoms with Crippen LogP contribution in [0.5, 0.6) is 11.5 Å². The SMILES string of the molecule is CCCOc1ccc([C@@H]2N[C@@H](C)Cc3cccc(O)c32)cc1. The van der Waals surface area contributed by atoms with Crippen LogP contribution in [0.25, 0.3) is 0 Å². The Labute approximate surface area is 131 Å². The molecule has 2 aromatic rings. The summed E-state index contributed by atoms with van der Waals surface area (Å²) < 4.78 is 5.64. The summed E-state index contributed by atoms with van der Waals surface area (Å²) in [5.41, 5.74) is 3.38. The molecular formula is C19H23NO2. The van der Waals surface area contributed by atoms with Gasteiger partial charge in [-0.15, -0.1) is 0 Å². The van der Waals surface area contributed by atoms with Gasteiger partial charge in [-0.1, -0.05) is 31.2 Å². The van der Waals surface area contributed by atoms with Gasteiger partial charge < -0.3 is 15.2 Å². The van der Waals surface area contributed by atoms with Crippen molar-refractivity contribution in [3.05, 3.63) is 59.2 Å². The van der Waals surface area contributed by atoms with E-state index in [9.17, 15) is 5.11 Å².